The van der Waals surface area contributed by atoms with E-state index in [4.69, 9.17) is 0 Å². The lowest BCUT2D eigenvalue weighted by molar-refractivity contribution is -0.123. The van der Waals surface area contributed by atoms with Crippen molar-refractivity contribution < 1.29 is 4.79 Å². The molecule has 1 fully saturated rings. The largest absolute Gasteiger partial charge is 0.353 e. The highest BCUT2D eigenvalue weighted by molar-refractivity contribution is 7.98. The second kappa shape index (κ2) is 10.1. The van der Waals surface area contributed by atoms with Gasteiger partial charge in [-0.15, -0.1) is 11.8 Å². The average molecular weight is 405 g/mol. The molecule has 0 radical (unpaired) electrons. The van der Waals surface area contributed by atoms with Crippen LogP contribution in [0.2, 0.25) is 0 Å². The minimum absolute atomic E-state index is 0.0283. The Labute approximate surface area is 176 Å². The fourth-order valence-electron chi connectivity index (χ4n) is 3.52. The van der Waals surface area contributed by atoms with E-state index in [1.54, 1.807) is 11.8 Å². The van der Waals surface area contributed by atoms with Crippen LogP contribution in [-0.4, -0.2) is 31.3 Å². The van der Waals surface area contributed by atoms with E-state index in [1.807, 2.05) is 48.7 Å². The zero-order chi connectivity index (χ0) is 20.6. The molecule has 2 N–H and O–H groups in total. The monoisotopic (exact) mass is 404 g/mol. The molecule has 0 aromatic heterocycles. The number of nitrogens with one attached hydrogen (secondary N) is 2. The molecule has 6 heteroatoms. The van der Waals surface area contributed by atoms with E-state index in [2.05, 4.69) is 22.8 Å². The Bertz CT molecular complexity index is 937. The number of nitriles is 2. The lowest BCUT2D eigenvalue weighted by atomic mass is 9.96. The predicted molar refractivity (Wildman–Crippen MR) is 115 cm³/mol. The van der Waals surface area contributed by atoms with Gasteiger partial charge in [-0.25, -0.2) is 0 Å². The highest BCUT2D eigenvalue weighted by Crippen LogP contribution is 2.28. The highest BCUT2D eigenvalue weighted by Gasteiger charge is 2.21. The Hall–Kier alpha value is -2.80. The standard InChI is InChI=1S/C23H24N4OS/c1-29-22-10-9-18(12-19(22)13-24)16-5-7-17(8-6-16)20(14-25)15-27-23(28)21-4-2-3-11-26-21/h5-10,12,20-21,26H,2-4,11,15H2,1H3,(H,27,28)/t20-,21-/m0/s1. The Morgan fingerprint density at radius 2 is 1.97 bits per heavy atom. The SMILES string of the molecule is CSc1ccc(-c2ccc([C@@H](C#N)CNC(=O)[C@@H]3CCCCN3)cc2)cc1C#N. The molecule has 1 aliphatic rings. The number of rotatable bonds is 6. The number of carbonyl (C=O) groups excluding carboxylic acids is 1. The molecule has 2 atom stereocenters. The molecule has 1 amide bonds. The third-order valence-corrected chi connectivity index (χ3v) is 6.03. The smallest absolute Gasteiger partial charge is 0.237 e. The van der Waals surface area contributed by atoms with Crippen molar-refractivity contribution in [3.8, 4) is 23.3 Å². The first kappa shape index (κ1) is 20.9. The first-order valence-corrected chi connectivity index (χ1v) is 11.0. The molecule has 2 aromatic carbocycles. The fraction of sp³-hybridized carbons (Fsp3) is 0.348. The molecule has 0 bridgehead atoms. The Balaban J connectivity index is 1.67. The normalized spacial score (nSPS) is 17.0. The van der Waals surface area contributed by atoms with Crippen LogP contribution in [-0.2, 0) is 4.79 Å². The molecule has 5 nitrogen and oxygen atoms in total. The van der Waals surface area contributed by atoms with E-state index in [9.17, 15) is 15.3 Å². The molecule has 3 rings (SSSR count). The van der Waals surface area contributed by atoms with Gasteiger partial charge in [-0.1, -0.05) is 36.8 Å². The van der Waals surface area contributed by atoms with E-state index in [1.165, 1.54) is 0 Å². The van der Waals surface area contributed by atoms with E-state index in [0.29, 0.717) is 12.1 Å². The van der Waals surface area contributed by atoms with Crippen LogP contribution in [0.5, 0.6) is 0 Å². The van der Waals surface area contributed by atoms with Crippen molar-refractivity contribution in [2.45, 2.75) is 36.1 Å². The summed E-state index contributed by atoms with van der Waals surface area (Å²) < 4.78 is 0. The molecule has 0 aliphatic carbocycles. The lowest BCUT2D eigenvalue weighted by Crippen LogP contribution is -2.47. The van der Waals surface area contributed by atoms with Crippen molar-refractivity contribution >= 4 is 17.7 Å². The van der Waals surface area contributed by atoms with E-state index < -0.39 is 5.92 Å². The van der Waals surface area contributed by atoms with Gasteiger partial charge < -0.3 is 10.6 Å². The number of hydrogen-bond acceptors (Lipinski definition) is 5. The first-order valence-electron chi connectivity index (χ1n) is 9.75. The third kappa shape index (κ3) is 5.17. The molecular formula is C23H24N4OS. The number of carbonyl (C=O) groups is 1. The Morgan fingerprint density at radius 1 is 1.21 bits per heavy atom. The van der Waals surface area contributed by atoms with Gasteiger partial charge in [-0.05, 0) is 54.5 Å². The van der Waals surface area contributed by atoms with Crippen LogP contribution in [0.3, 0.4) is 0 Å². The van der Waals surface area contributed by atoms with Crippen LogP contribution in [0.1, 0.15) is 36.3 Å². The van der Waals surface area contributed by atoms with Gasteiger partial charge in [0.1, 0.15) is 6.07 Å². The summed E-state index contributed by atoms with van der Waals surface area (Å²) in [6.07, 6.45) is 4.96. The number of amides is 1. The molecule has 148 valence electrons. The summed E-state index contributed by atoms with van der Waals surface area (Å²) in [5.74, 6) is -0.426. The van der Waals surface area contributed by atoms with Gasteiger partial charge in [0.05, 0.1) is 23.6 Å². The highest BCUT2D eigenvalue weighted by atomic mass is 32.2. The number of piperidine rings is 1. The molecule has 29 heavy (non-hydrogen) atoms. The average Bonchev–Trinajstić information content (AvgIpc) is 2.79. The quantitative estimate of drug-likeness (QED) is 0.715. The molecule has 1 saturated heterocycles. The van der Waals surface area contributed by atoms with Crippen molar-refractivity contribution in [1.29, 1.82) is 10.5 Å². The van der Waals surface area contributed by atoms with Gasteiger partial charge in [-0.3, -0.25) is 4.79 Å². The summed E-state index contributed by atoms with van der Waals surface area (Å²) in [6, 6.07) is 18.0. The number of nitrogens with zero attached hydrogens (tertiary/aromatic N) is 2. The summed E-state index contributed by atoms with van der Waals surface area (Å²) in [7, 11) is 0. The van der Waals surface area contributed by atoms with Crippen molar-refractivity contribution in [1.82, 2.24) is 10.6 Å². The molecule has 0 spiro atoms. The van der Waals surface area contributed by atoms with Crippen LogP contribution in [0, 0.1) is 22.7 Å². The molecule has 0 unspecified atom stereocenters. The molecule has 0 saturated carbocycles. The summed E-state index contributed by atoms with van der Waals surface area (Å²) in [5.41, 5.74) is 3.49. The minimum atomic E-state index is -0.398. The van der Waals surface area contributed by atoms with Gasteiger partial charge in [0, 0.05) is 11.4 Å². The predicted octanol–water partition coefficient (Wildman–Crippen LogP) is 3.81. The fourth-order valence-corrected chi connectivity index (χ4v) is 4.05. The van der Waals surface area contributed by atoms with Crippen LogP contribution >= 0.6 is 11.8 Å². The Morgan fingerprint density at radius 3 is 2.59 bits per heavy atom. The summed E-state index contributed by atoms with van der Waals surface area (Å²) in [5, 5.41) is 25.0. The van der Waals surface area contributed by atoms with Crippen LogP contribution in [0.15, 0.2) is 47.4 Å². The maximum Gasteiger partial charge on any atom is 0.237 e. The number of thioether (sulfide) groups is 1. The van der Waals surface area contributed by atoms with Crippen LogP contribution in [0.25, 0.3) is 11.1 Å². The summed E-state index contributed by atoms with van der Waals surface area (Å²) >= 11 is 1.55. The maximum atomic E-state index is 12.3. The Kier molecular flexibility index (Phi) is 7.30. The zero-order valence-electron chi connectivity index (χ0n) is 16.4. The topological polar surface area (TPSA) is 88.7 Å². The zero-order valence-corrected chi connectivity index (χ0v) is 17.3. The van der Waals surface area contributed by atoms with Crippen molar-refractivity contribution in [3.63, 3.8) is 0 Å². The van der Waals surface area contributed by atoms with Gasteiger partial charge in [0.2, 0.25) is 5.91 Å². The summed E-state index contributed by atoms with van der Waals surface area (Å²) in [4.78, 5) is 13.2. The molecule has 2 aromatic rings. The first-order chi connectivity index (χ1) is 14.2. The number of hydrogen-bond donors (Lipinski definition) is 2. The van der Waals surface area contributed by atoms with Gasteiger partial charge >= 0.3 is 0 Å². The lowest BCUT2D eigenvalue weighted by Gasteiger charge is -2.23. The molecule has 1 aliphatic heterocycles. The van der Waals surface area contributed by atoms with Crippen molar-refractivity contribution in [2.75, 3.05) is 19.3 Å². The molecule has 1 heterocycles. The summed E-state index contributed by atoms with van der Waals surface area (Å²) in [6.45, 7) is 1.17. The van der Waals surface area contributed by atoms with Crippen LogP contribution in [0.4, 0.5) is 0 Å². The maximum absolute atomic E-state index is 12.3. The van der Waals surface area contributed by atoms with Gasteiger partial charge in [-0.2, -0.15) is 10.5 Å². The van der Waals surface area contributed by atoms with Crippen molar-refractivity contribution in [3.05, 3.63) is 53.6 Å². The second-order valence-corrected chi connectivity index (χ2v) is 7.93. The van der Waals surface area contributed by atoms with Gasteiger partial charge in [0.25, 0.3) is 0 Å². The minimum Gasteiger partial charge on any atom is -0.353 e. The second-order valence-electron chi connectivity index (χ2n) is 7.08. The van der Waals surface area contributed by atoms with Crippen molar-refractivity contribution in [2.24, 2.45) is 0 Å². The van der Waals surface area contributed by atoms with Crippen LogP contribution < -0.4 is 10.6 Å². The van der Waals surface area contributed by atoms with E-state index in [0.717, 1.165) is 47.4 Å². The van der Waals surface area contributed by atoms with E-state index in [-0.39, 0.29) is 11.9 Å². The number of benzene rings is 2. The van der Waals surface area contributed by atoms with E-state index >= 15 is 0 Å². The molecular weight excluding hydrogens is 380 g/mol. The van der Waals surface area contributed by atoms with Gasteiger partial charge in [0.15, 0.2) is 0 Å². The third-order valence-electron chi connectivity index (χ3n) is 5.23.